The van der Waals surface area contributed by atoms with Gasteiger partial charge >= 0.3 is 5.97 Å². The highest BCUT2D eigenvalue weighted by Crippen LogP contribution is 2.36. The number of hydrogen-bond acceptors (Lipinski definition) is 4. The lowest BCUT2D eigenvalue weighted by Crippen LogP contribution is -2.09. The standard InChI is InChI=1S/C22H16N2O2S/c25-21(26)20(16-11-5-2-6-12-16)27-22-23-18-14-8-7-13-17(18)19(24-22)15-9-3-1-4-10-15/h1-14,20H,(H,25,26)/t20-/m0/s1. The second-order valence-corrected chi connectivity index (χ2v) is 7.06. The molecule has 1 atom stereocenters. The number of carbonyl (C=O) groups is 1. The number of fused-ring (bicyclic) bond motifs is 1. The highest BCUT2D eigenvalue weighted by Gasteiger charge is 2.23. The van der Waals surface area contributed by atoms with Crippen molar-refractivity contribution >= 4 is 28.6 Å². The number of carboxylic acid groups (broad SMARTS) is 1. The Bertz CT molecular complexity index is 1090. The van der Waals surface area contributed by atoms with Crippen molar-refractivity contribution in [2.45, 2.75) is 10.4 Å². The quantitative estimate of drug-likeness (QED) is 0.385. The Labute approximate surface area is 160 Å². The zero-order valence-electron chi connectivity index (χ0n) is 14.3. The van der Waals surface area contributed by atoms with Gasteiger partial charge in [-0.1, -0.05) is 90.6 Å². The molecular weight excluding hydrogens is 356 g/mol. The molecule has 0 amide bonds. The fraction of sp³-hybridized carbons (Fsp3) is 0.0455. The van der Waals surface area contributed by atoms with Crippen LogP contribution in [0.25, 0.3) is 22.2 Å². The number of hydrogen-bond donors (Lipinski definition) is 1. The molecule has 0 bridgehead atoms. The molecule has 27 heavy (non-hydrogen) atoms. The molecular formula is C22H16N2O2S. The summed E-state index contributed by atoms with van der Waals surface area (Å²) in [6, 6.07) is 26.8. The summed E-state index contributed by atoms with van der Waals surface area (Å²) in [4.78, 5) is 21.2. The van der Waals surface area contributed by atoms with Crippen molar-refractivity contribution in [2.75, 3.05) is 0 Å². The molecule has 0 aliphatic rings. The predicted octanol–water partition coefficient (Wildman–Crippen LogP) is 5.21. The van der Waals surface area contributed by atoms with Gasteiger partial charge < -0.3 is 5.11 Å². The summed E-state index contributed by atoms with van der Waals surface area (Å²) in [7, 11) is 0. The first-order chi connectivity index (χ1) is 13.2. The number of benzene rings is 3. The van der Waals surface area contributed by atoms with E-state index in [1.54, 1.807) is 0 Å². The highest BCUT2D eigenvalue weighted by atomic mass is 32.2. The lowest BCUT2D eigenvalue weighted by molar-refractivity contribution is -0.136. The van der Waals surface area contributed by atoms with Crippen LogP contribution in [-0.4, -0.2) is 21.0 Å². The molecule has 0 radical (unpaired) electrons. The molecule has 0 aliphatic carbocycles. The van der Waals surface area contributed by atoms with E-state index in [0.717, 1.165) is 33.9 Å². The van der Waals surface area contributed by atoms with Crippen molar-refractivity contribution in [3.05, 3.63) is 90.5 Å². The summed E-state index contributed by atoms with van der Waals surface area (Å²) < 4.78 is 0. The van der Waals surface area contributed by atoms with Crippen LogP contribution in [0.3, 0.4) is 0 Å². The molecule has 5 heteroatoms. The van der Waals surface area contributed by atoms with E-state index in [2.05, 4.69) is 4.98 Å². The molecule has 0 fully saturated rings. The maximum absolute atomic E-state index is 11.8. The van der Waals surface area contributed by atoms with Crippen molar-refractivity contribution in [3.8, 4) is 11.3 Å². The molecule has 1 N–H and O–H groups in total. The highest BCUT2D eigenvalue weighted by molar-refractivity contribution is 8.00. The molecule has 0 unspecified atom stereocenters. The van der Waals surface area contributed by atoms with Gasteiger partial charge in [0.1, 0.15) is 5.25 Å². The van der Waals surface area contributed by atoms with E-state index in [0.29, 0.717) is 10.7 Å². The third kappa shape index (κ3) is 3.68. The van der Waals surface area contributed by atoms with Crippen LogP contribution >= 0.6 is 11.8 Å². The lowest BCUT2D eigenvalue weighted by Gasteiger charge is -2.13. The van der Waals surface area contributed by atoms with Crippen molar-refractivity contribution in [1.82, 2.24) is 9.97 Å². The Morgan fingerprint density at radius 2 is 1.44 bits per heavy atom. The second kappa shape index (κ2) is 7.60. The smallest absolute Gasteiger partial charge is 0.321 e. The van der Waals surface area contributed by atoms with Gasteiger partial charge in [-0.3, -0.25) is 4.79 Å². The lowest BCUT2D eigenvalue weighted by atomic mass is 10.1. The van der Waals surface area contributed by atoms with Crippen LogP contribution in [0.4, 0.5) is 0 Å². The Hall–Kier alpha value is -3.18. The minimum absolute atomic E-state index is 0.448. The van der Waals surface area contributed by atoms with Gasteiger partial charge in [0, 0.05) is 10.9 Å². The predicted molar refractivity (Wildman–Crippen MR) is 108 cm³/mol. The van der Waals surface area contributed by atoms with E-state index in [4.69, 9.17) is 4.98 Å². The summed E-state index contributed by atoms with van der Waals surface area (Å²) in [5.74, 6) is -0.913. The first-order valence-corrected chi connectivity index (χ1v) is 9.37. The van der Waals surface area contributed by atoms with E-state index in [-0.39, 0.29) is 0 Å². The minimum Gasteiger partial charge on any atom is -0.480 e. The maximum Gasteiger partial charge on any atom is 0.321 e. The van der Waals surface area contributed by atoms with Crippen LogP contribution < -0.4 is 0 Å². The number of nitrogens with zero attached hydrogens (tertiary/aromatic N) is 2. The Morgan fingerprint density at radius 3 is 2.15 bits per heavy atom. The zero-order chi connectivity index (χ0) is 18.6. The molecule has 0 aliphatic heterocycles. The van der Waals surface area contributed by atoms with E-state index in [9.17, 15) is 9.90 Å². The average Bonchev–Trinajstić information content (AvgIpc) is 2.72. The van der Waals surface area contributed by atoms with Gasteiger partial charge in [-0.2, -0.15) is 0 Å². The molecule has 4 nitrogen and oxygen atoms in total. The third-order valence-corrected chi connectivity index (χ3v) is 5.28. The fourth-order valence-electron chi connectivity index (χ4n) is 2.92. The molecule has 1 heterocycles. The van der Waals surface area contributed by atoms with Gasteiger partial charge in [0.05, 0.1) is 11.2 Å². The molecule has 4 aromatic rings. The number of rotatable bonds is 5. The Morgan fingerprint density at radius 1 is 0.815 bits per heavy atom. The number of thioether (sulfide) groups is 1. The summed E-state index contributed by atoms with van der Waals surface area (Å²) >= 11 is 1.15. The largest absolute Gasteiger partial charge is 0.480 e. The Balaban J connectivity index is 1.81. The third-order valence-electron chi connectivity index (χ3n) is 4.18. The van der Waals surface area contributed by atoms with Crippen molar-refractivity contribution in [1.29, 1.82) is 0 Å². The van der Waals surface area contributed by atoms with Gasteiger partial charge in [-0.15, -0.1) is 0 Å². The number of aliphatic carboxylic acids is 1. The van der Waals surface area contributed by atoms with E-state index >= 15 is 0 Å². The Kier molecular flexibility index (Phi) is 4.85. The molecule has 0 saturated carbocycles. The first kappa shape index (κ1) is 17.2. The van der Waals surface area contributed by atoms with E-state index < -0.39 is 11.2 Å². The molecule has 4 rings (SSSR count). The van der Waals surface area contributed by atoms with E-state index in [1.165, 1.54) is 0 Å². The van der Waals surface area contributed by atoms with Gasteiger partial charge in [-0.05, 0) is 11.6 Å². The number of para-hydroxylation sites is 1. The number of aromatic nitrogens is 2. The van der Waals surface area contributed by atoms with Crippen molar-refractivity contribution in [2.24, 2.45) is 0 Å². The van der Waals surface area contributed by atoms with Crippen LogP contribution in [0.5, 0.6) is 0 Å². The van der Waals surface area contributed by atoms with Crippen LogP contribution in [0.15, 0.2) is 90.1 Å². The van der Waals surface area contributed by atoms with Crippen LogP contribution in [0.1, 0.15) is 10.8 Å². The maximum atomic E-state index is 11.8. The van der Waals surface area contributed by atoms with Crippen molar-refractivity contribution in [3.63, 3.8) is 0 Å². The van der Waals surface area contributed by atoms with Gasteiger partial charge in [0.25, 0.3) is 0 Å². The number of carboxylic acids is 1. The zero-order valence-corrected chi connectivity index (χ0v) is 15.1. The van der Waals surface area contributed by atoms with E-state index in [1.807, 2.05) is 84.9 Å². The fourth-order valence-corrected chi connectivity index (χ4v) is 3.82. The van der Waals surface area contributed by atoms with Gasteiger partial charge in [-0.25, -0.2) is 9.97 Å². The van der Waals surface area contributed by atoms with Crippen molar-refractivity contribution < 1.29 is 9.90 Å². The summed E-state index contributed by atoms with van der Waals surface area (Å²) in [5, 5.41) is 10.3. The van der Waals surface area contributed by atoms with Crippen LogP contribution in [0.2, 0.25) is 0 Å². The SMILES string of the molecule is O=C(O)[C@@H](Sc1nc(-c2ccccc2)c2ccccc2n1)c1ccccc1. The van der Waals surface area contributed by atoms with Gasteiger partial charge in [0.2, 0.25) is 0 Å². The molecule has 0 saturated heterocycles. The average molecular weight is 372 g/mol. The minimum atomic E-state index is -0.913. The normalized spacial score (nSPS) is 12.0. The molecule has 3 aromatic carbocycles. The summed E-state index contributed by atoms with van der Waals surface area (Å²) in [6.07, 6.45) is 0. The summed E-state index contributed by atoms with van der Waals surface area (Å²) in [5.41, 5.74) is 3.30. The summed E-state index contributed by atoms with van der Waals surface area (Å²) in [6.45, 7) is 0. The molecule has 1 aromatic heterocycles. The monoisotopic (exact) mass is 372 g/mol. The van der Waals surface area contributed by atoms with Crippen LogP contribution in [0, 0.1) is 0 Å². The molecule has 0 spiro atoms. The molecule has 132 valence electrons. The topological polar surface area (TPSA) is 63.1 Å². The van der Waals surface area contributed by atoms with Crippen LogP contribution in [-0.2, 0) is 4.79 Å². The second-order valence-electron chi connectivity index (χ2n) is 5.98. The first-order valence-electron chi connectivity index (χ1n) is 8.49. The van der Waals surface area contributed by atoms with Gasteiger partial charge in [0.15, 0.2) is 5.16 Å².